The highest BCUT2D eigenvalue weighted by Gasteiger charge is 2.24. The lowest BCUT2D eigenvalue weighted by Gasteiger charge is -2.25. The molecule has 1 aromatic carbocycles. The molecule has 0 saturated carbocycles. The number of benzene rings is 1. The average Bonchev–Trinajstić information content (AvgIpc) is 2.27. The summed E-state index contributed by atoms with van der Waals surface area (Å²) in [6.07, 6.45) is 0.809. The van der Waals surface area contributed by atoms with Crippen LogP contribution in [0.1, 0.15) is 27.2 Å². The summed E-state index contributed by atoms with van der Waals surface area (Å²) in [5.41, 5.74) is 6.58. The van der Waals surface area contributed by atoms with E-state index >= 15 is 0 Å². The number of rotatable bonds is 5. The van der Waals surface area contributed by atoms with E-state index in [2.05, 4.69) is 30.8 Å². The van der Waals surface area contributed by atoms with E-state index in [-0.39, 0.29) is 0 Å². The fourth-order valence-electron chi connectivity index (χ4n) is 1.67. The van der Waals surface area contributed by atoms with Gasteiger partial charge in [0.25, 0.3) is 0 Å². The largest absolute Gasteiger partial charge is 0.320 e. The second-order valence-electron chi connectivity index (χ2n) is 4.66. The topological polar surface area (TPSA) is 47.9 Å². The summed E-state index contributed by atoms with van der Waals surface area (Å²) >= 11 is 0. The molecule has 1 unspecified atom stereocenters. The quantitative estimate of drug-likeness (QED) is 0.745. The van der Waals surface area contributed by atoms with Crippen LogP contribution in [0.5, 0.6) is 0 Å². The van der Waals surface area contributed by atoms with Gasteiger partial charge in [-0.3, -0.25) is 0 Å². The predicted octanol–water partition coefficient (Wildman–Crippen LogP) is 2.93. The Labute approximate surface area is 97.4 Å². The summed E-state index contributed by atoms with van der Waals surface area (Å²) < 4.78 is 0. The van der Waals surface area contributed by atoms with Crippen molar-refractivity contribution >= 4 is 5.69 Å². The summed E-state index contributed by atoms with van der Waals surface area (Å²) in [7, 11) is 0. The van der Waals surface area contributed by atoms with Gasteiger partial charge in [0.1, 0.15) is 5.54 Å². The molecule has 0 aliphatic carbocycles. The van der Waals surface area contributed by atoms with Gasteiger partial charge in [0.15, 0.2) is 0 Å². The van der Waals surface area contributed by atoms with E-state index in [0.717, 1.165) is 12.1 Å². The van der Waals surface area contributed by atoms with E-state index in [1.165, 1.54) is 0 Å². The number of para-hydroxylation sites is 1. The van der Waals surface area contributed by atoms with Crippen molar-refractivity contribution in [3.05, 3.63) is 30.3 Å². The Kier molecular flexibility index (Phi) is 4.33. The number of hydrogen-bond donors (Lipinski definition) is 2. The highest BCUT2D eigenvalue weighted by atomic mass is 15.4. The number of anilines is 1. The number of nitrogens with one attached hydrogen (secondary N) is 2. The Morgan fingerprint density at radius 2 is 1.94 bits per heavy atom. The Morgan fingerprint density at radius 3 is 2.44 bits per heavy atom. The van der Waals surface area contributed by atoms with Crippen molar-refractivity contribution in [1.29, 1.82) is 5.26 Å². The van der Waals surface area contributed by atoms with Crippen molar-refractivity contribution in [2.75, 3.05) is 5.43 Å². The molecule has 0 heterocycles. The van der Waals surface area contributed by atoms with Crippen molar-refractivity contribution < 1.29 is 0 Å². The lowest BCUT2D eigenvalue weighted by atomic mass is 9.93. The van der Waals surface area contributed by atoms with Crippen LogP contribution in [0.25, 0.3) is 0 Å². The van der Waals surface area contributed by atoms with E-state index < -0.39 is 5.54 Å². The van der Waals surface area contributed by atoms with Crippen LogP contribution in [-0.4, -0.2) is 5.54 Å². The molecule has 1 atom stereocenters. The standard InChI is InChI=1S/C13H19N3/c1-11(2)9-13(3,10-14)16-15-12-7-5-4-6-8-12/h4-8,11,15-16H,9H2,1-3H3. The van der Waals surface area contributed by atoms with E-state index in [1.54, 1.807) is 0 Å². The second kappa shape index (κ2) is 5.53. The monoisotopic (exact) mass is 217 g/mol. The molecule has 86 valence electrons. The third-order valence-corrected chi connectivity index (χ3v) is 2.32. The van der Waals surface area contributed by atoms with Crippen molar-refractivity contribution in [2.45, 2.75) is 32.7 Å². The number of nitriles is 1. The zero-order valence-corrected chi connectivity index (χ0v) is 10.1. The smallest absolute Gasteiger partial charge is 0.121 e. The first-order valence-electron chi connectivity index (χ1n) is 5.55. The van der Waals surface area contributed by atoms with E-state index in [1.807, 2.05) is 37.3 Å². The van der Waals surface area contributed by atoms with Gasteiger partial charge in [0, 0.05) is 5.69 Å². The molecule has 0 aliphatic heterocycles. The average molecular weight is 217 g/mol. The van der Waals surface area contributed by atoms with Gasteiger partial charge in [-0.15, -0.1) is 0 Å². The Bertz CT molecular complexity index is 353. The molecule has 1 rings (SSSR count). The highest BCUT2D eigenvalue weighted by Crippen LogP contribution is 2.16. The Balaban J connectivity index is 2.56. The summed E-state index contributed by atoms with van der Waals surface area (Å²) in [6, 6.07) is 12.1. The van der Waals surface area contributed by atoms with Crippen molar-refractivity contribution in [1.82, 2.24) is 5.43 Å². The minimum absolute atomic E-state index is 0.481. The molecular formula is C13H19N3. The van der Waals surface area contributed by atoms with Crippen LogP contribution in [0.2, 0.25) is 0 Å². The van der Waals surface area contributed by atoms with Crippen LogP contribution < -0.4 is 10.9 Å². The molecule has 3 heteroatoms. The molecule has 0 fully saturated rings. The van der Waals surface area contributed by atoms with Gasteiger partial charge in [-0.1, -0.05) is 32.0 Å². The predicted molar refractivity (Wildman–Crippen MR) is 66.7 cm³/mol. The van der Waals surface area contributed by atoms with E-state index in [9.17, 15) is 0 Å². The van der Waals surface area contributed by atoms with Crippen LogP contribution >= 0.6 is 0 Å². The second-order valence-corrected chi connectivity index (χ2v) is 4.66. The van der Waals surface area contributed by atoms with Gasteiger partial charge in [-0.05, 0) is 31.4 Å². The van der Waals surface area contributed by atoms with Gasteiger partial charge in [0.05, 0.1) is 6.07 Å². The van der Waals surface area contributed by atoms with Crippen LogP contribution in [0.4, 0.5) is 5.69 Å². The zero-order valence-electron chi connectivity index (χ0n) is 10.1. The first kappa shape index (κ1) is 12.5. The zero-order chi connectivity index (χ0) is 12.0. The number of hydrazine groups is 1. The molecule has 0 bridgehead atoms. The number of hydrogen-bond acceptors (Lipinski definition) is 3. The minimum atomic E-state index is -0.538. The summed E-state index contributed by atoms with van der Waals surface area (Å²) in [4.78, 5) is 0. The van der Waals surface area contributed by atoms with Crippen LogP contribution in [-0.2, 0) is 0 Å². The molecule has 16 heavy (non-hydrogen) atoms. The Morgan fingerprint density at radius 1 is 1.31 bits per heavy atom. The molecule has 0 aromatic heterocycles. The van der Waals surface area contributed by atoms with Gasteiger partial charge in [0.2, 0.25) is 0 Å². The Hall–Kier alpha value is -1.53. The molecule has 0 saturated heterocycles. The third kappa shape index (κ3) is 3.92. The highest BCUT2D eigenvalue weighted by molar-refractivity contribution is 5.41. The summed E-state index contributed by atoms with van der Waals surface area (Å²) in [5.74, 6) is 0.481. The molecular weight excluding hydrogens is 198 g/mol. The molecule has 0 spiro atoms. The first-order valence-corrected chi connectivity index (χ1v) is 5.55. The van der Waals surface area contributed by atoms with Gasteiger partial charge in [-0.25, -0.2) is 5.43 Å². The normalized spacial score (nSPS) is 14.2. The SMILES string of the molecule is CC(C)CC(C)(C#N)NNc1ccccc1. The van der Waals surface area contributed by atoms with Crippen molar-refractivity contribution in [2.24, 2.45) is 5.92 Å². The van der Waals surface area contributed by atoms with Gasteiger partial charge in [-0.2, -0.15) is 5.26 Å². The van der Waals surface area contributed by atoms with Gasteiger partial charge < -0.3 is 5.43 Å². The van der Waals surface area contributed by atoms with Crippen LogP contribution in [0, 0.1) is 17.2 Å². The first-order chi connectivity index (χ1) is 7.56. The van der Waals surface area contributed by atoms with E-state index in [0.29, 0.717) is 5.92 Å². The fourth-order valence-corrected chi connectivity index (χ4v) is 1.67. The molecule has 1 aromatic rings. The van der Waals surface area contributed by atoms with Crippen molar-refractivity contribution in [3.63, 3.8) is 0 Å². The lowest BCUT2D eigenvalue weighted by molar-refractivity contribution is 0.387. The maximum Gasteiger partial charge on any atom is 0.121 e. The molecule has 0 aliphatic rings. The van der Waals surface area contributed by atoms with Crippen LogP contribution in [0.15, 0.2) is 30.3 Å². The molecule has 0 radical (unpaired) electrons. The summed E-state index contributed by atoms with van der Waals surface area (Å²) in [5, 5.41) is 9.16. The number of nitrogens with zero attached hydrogens (tertiary/aromatic N) is 1. The van der Waals surface area contributed by atoms with E-state index in [4.69, 9.17) is 5.26 Å². The summed E-state index contributed by atoms with van der Waals surface area (Å²) in [6.45, 7) is 6.13. The lowest BCUT2D eigenvalue weighted by Crippen LogP contribution is -2.45. The fraction of sp³-hybridized carbons (Fsp3) is 0.462. The molecule has 3 nitrogen and oxygen atoms in total. The third-order valence-electron chi connectivity index (χ3n) is 2.32. The minimum Gasteiger partial charge on any atom is -0.320 e. The molecule has 2 N–H and O–H groups in total. The van der Waals surface area contributed by atoms with Crippen molar-refractivity contribution in [3.8, 4) is 6.07 Å². The van der Waals surface area contributed by atoms with Gasteiger partial charge >= 0.3 is 0 Å². The van der Waals surface area contributed by atoms with Crippen LogP contribution in [0.3, 0.4) is 0 Å². The molecule has 0 amide bonds. The maximum atomic E-state index is 9.16. The maximum absolute atomic E-state index is 9.16.